The van der Waals surface area contributed by atoms with Gasteiger partial charge in [0.1, 0.15) is 5.76 Å². The molecule has 0 saturated carbocycles. The number of benzene rings is 2. The molecule has 0 radical (unpaired) electrons. The molecule has 10 heteroatoms. The molecule has 2 aromatic carbocycles. The monoisotopic (exact) mass is 433 g/mol. The van der Waals surface area contributed by atoms with Crippen molar-refractivity contribution in [1.29, 1.82) is 0 Å². The fraction of sp³-hybridized carbons (Fsp3) is 0.105. The molecule has 0 fully saturated rings. The first kappa shape index (κ1) is 20.8. The van der Waals surface area contributed by atoms with Crippen LogP contribution in [0.1, 0.15) is 21.7 Å². The topological polar surface area (TPSA) is 42.2 Å². The highest BCUT2D eigenvalue weighted by Crippen LogP contribution is 2.37. The summed E-state index contributed by atoms with van der Waals surface area (Å²) in [5, 5.41) is 1.76. The maximum Gasteiger partial charge on any atom is 0.417 e. The number of hydrogen-bond acceptors (Lipinski definition) is 2. The van der Waals surface area contributed by atoms with E-state index in [0.717, 1.165) is 30.3 Å². The summed E-state index contributed by atoms with van der Waals surface area (Å²) in [4.78, 5) is 12.2. The Hall–Kier alpha value is -2.94. The Bertz CT molecular complexity index is 1060. The van der Waals surface area contributed by atoms with Crippen molar-refractivity contribution in [2.24, 2.45) is 0 Å². The van der Waals surface area contributed by atoms with Crippen LogP contribution in [-0.4, -0.2) is 5.91 Å². The standard InChI is InChI=1S/C19H10ClF6NO2/c20-14-5-4-10(8-13(14)19(24,25)26)15-6-7-16(29-15)17(28)27-12-3-1-2-11(9-12)18(21,22)23/h1-9H,(H,27,28). The molecule has 0 saturated heterocycles. The molecule has 1 heterocycles. The normalized spacial score (nSPS) is 12.1. The first-order valence-corrected chi connectivity index (χ1v) is 8.28. The van der Waals surface area contributed by atoms with E-state index in [1.807, 2.05) is 0 Å². The van der Waals surface area contributed by atoms with Gasteiger partial charge in [0.15, 0.2) is 5.76 Å². The third-order valence-electron chi connectivity index (χ3n) is 3.83. The van der Waals surface area contributed by atoms with Gasteiger partial charge in [-0.2, -0.15) is 26.3 Å². The minimum Gasteiger partial charge on any atom is -0.451 e. The van der Waals surface area contributed by atoms with Crippen LogP contribution < -0.4 is 5.32 Å². The van der Waals surface area contributed by atoms with Gasteiger partial charge < -0.3 is 9.73 Å². The van der Waals surface area contributed by atoms with Crippen LogP contribution in [0.25, 0.3) is 11.3 Å². The summed E-state index contributed by atoms with van der Waals surface area (Å²) in [5.74, 6) is -1.19. The number of hydrogen-bond donors (Lipinski definition) is 1. The Balaban J connectivity index is 1.83. The van der Waals surface area contributed by atoms with Crippen molar-refractivity contribution in [3.05, 3.63) is 76.5 Å². The van der Waals surface area contributed by atoms with Gasteiger partial charge in [0.05, 0.1) is 16.1 Å². The Labute approximate surface area is 164 Å². The molecule has 1 amide bonds. The van der Waals surface area contributed by atoms with E-state index in [9.17, 15) is 31.1 Å². The molecule has 3 rings (SSSR count). The zero-order chi connectivity index (χ0) is 21.4. The first-order chi connectivity index (χ1) is 13.4. The average molecular weight is 434 g/mol. The van der Waals surface area contributed by atoms with Crippen molar-refractivity contribution in [2.45, 2.75) is 12.4 Å². The molecular weight excluding hydrogens is 424 g/mol. The molecule has 0 spiro atoms. The van der Waals surface area contributed by atoms with Gasteiger partial charge in [0.25, 0.3) is 5.91 Å². The molecule has 3 aromatic rings. The summed E-state index contributed by atoms with van der Waals surface area (Å²) in [6, 6.07) is 9.54. The summed E-state index contributed by atoms with van der Waals surface area (Å²) >= 11 is 5.56. The van der Waals surface area contributed by atoms with E-state index in [2.05, 4.69) is 5.32 Å². The van der Waals surface area contributed by atoms with Crippen molar-refractivity contribution in [2.75, 3.05) is 5.32 Å². The minimum absolute atomic E-state index is 0.0276. The number of halogens is 7. The number of alkyl halides is 6. The van der Waals surface area contributed by atoms with Crippen molar-refractivity contribution in [1.82, 2.24) is 0 Å². The van der Waals surface area contributed by atoms with Crippen LogP contribution in [0.15, 0.2) is 59.0 Å². The fourth-order valence-corrected chi connectivity index (χ4v) is 2.70. The lowest BCUT2D eigenvalue weighted by atomic mass is 10.1. The maximum atomic E-state index is 13.0. The van der Waals surface area contributed by atoms with Gasteiger partial charge in [-0.25, -0.2) is 0 Å². The third kappa shape index (κ3) is 4.73. The number of carbonyl (C=O) groups is 1. The molecule has 0 aliphatic rings. The lowest BCUT2D eigenvalue weighted by Gasteiger charge is -2.10. The molecule has 0 unspecified atom stereocenters. The van der Waals surface area contributed by atoms with Crippen molar-refractivity contribution < 1.29 is 35.6 Å². The van der Waals surface area contributed by atoms with E-state index in [1.165, 1.54) is 24.3 Å². The van der Waals surface area contributed by atoms with Gasteiger partial charge >= 0.3 is 12.4 Å². The van der Waals surface area contributed by atoms with Crippen molar-refractivity contribution >= 4 is 23.2 Å². The smallest absolute Gasteiger partial charge is 0.417 e. The second-order valence-electron chi connectivity index (χ2n) is 5.89. The van der Waals surface area contributed by atoms with Crippen LogP contribution in [0.2, 0.25) is 5.02 Å². The largest absolute Gasteiger partial charge is 0.451 e. The molecule has 1 aromatic heterocycles. The summed E-state index contributed by atoms with van der Waals surface area (Å²) in [7, 11) is 0. The number of furan rings is 1. The summed E-state index contributed by atoms with van der Waals surface area (Å²) in [6.07, 6.45) is -9.26. The highest BCUT2D eigenvalue weighted by atomic mass is 35.5. The number of carbonyl (C=O) groups excluding carboxylic acids is 1. The fourth-order valence-electron chi connectivity index (χ4n) is 2.48. The van der Waals surface area contributed by atoms with Gasteiger partial charge in [-0.3, -0.25) is 4.79 Å². The molecule has 3 nitrogen and oxygen atoms in total. The Morgan fingerprint density at radius 1 is 0.897 bits per heavy atom. The number of nitrogens with one attached hydrogen (secondary N) is 1. The Morgan fingerprint density at radius 2 is 1.62 bits per heavy atom. The third-order valence-corrected chi connectivity index (χ3v) is 4.16. The number of anilines is 1. The molecule has 29 heavy (non-hydrogen) atoms. The highest BCUT2D eigenvalue weighted by molar-refractivity contribution is 6.31. The van der Waals surface area contributed by atoms with E-state index < -0.39 is 34.4 Å². The second kappa shape index (κ2) is 7.47. The van der Waals surface area contributed by atoms with Gasteiger partial charge in [0, 0.05) is 11.3 Å². The van der Waals surface area contributed by atoms with Gasteiger partial charge in [-0.05, 0) is 48.5 Å². The zero-order valence-corrected chi connectivity index (χ0v) is 14.9. The zero-order valence-electron chi connectivity index (χ0n) is 14.2. The van der Waals surface area contributed by atoms with Gasteiger partial charge in [0.2, 0.25) is 0 Å². The lowest BCUT2D eigenvalue weighted by molar-refractivity contribution is -0.138. The van der Waals surface area contributed by atoms with Crippen molar-refractivity contribution in [3.8, 4) is 11.3 Å². The molecule has 152 valence electrons. The quantitative estimate of drug-likeness (QED) is 0.457. The SMILES string of the molecule is O=C(Nc1cccc(C(F)(F)F)c1)c1ccc(-c2ccc(Cl)c(C(F)(F)F)c2)o1. The van der Waals surface area contributed by atoms with E-state index in [4.69, 9.17) is 16.0 Å². The molecule has 0 aliphatic carbocycles. The highest BCUT2D eigenvalue weighted by Gasteiger charge is 2.34. The van der Waals surface area contributed by atoms with Crippen LogP contribution in [0, 0.1) is 0 Å². The molecule has 1 N–H and O–H groups in total. The van der Waals surface area contributed by atoms with E-state index >= 15 is 0 Å². The first-order valence-electron chi connectivity index (χ1n) is 7.91. The number of rotatable bonds is 3. The summed E-state index contributed by atoms with van der Waals surface area (Å²) < 4.78 is 82.4. The molecule has 0 atom stereocenters. The predicted octanol–water partition coefficient (Wildman–Crippen LogP) is 6.89. The van der Waals surface area contributed by atoms with Gasteiger partial charge in [-0.1, -0.05) is 17.7 Å². The van der Waals surface area contributed by atoms with E-state index in [1.54, 1.807) is 0 Å². The lowest BCUT2D eigenvalue weighted by Crippen LogP contribution is -2.12. The van der Waals surface area contributed by atoms with Crippen LogP contribution in [0.3, 0.4) is 0 Å². The van der Waals surface area contributed by atoms with Crippen LogP contribution in [0.5, 0.6) is 0 Å². The molecule has 0 bridgehead atoms. The maximum absolute atomic E-state index is 13.0. The molecular formula is C19H10ClF6NO2. The van der Waals surface area contributed by atoms with Crippen molar-refractivity contribution in [3.63, 3.8) is 0 Å². The summed E-state index contributed by atoms with van der Waals surface area (Å²) in [5.41, 5.74) is -2.10. The summed E-state index contributed by atoms with van der Waals surface area (Å²) in [6.45, 7) is 0. The Kier molecular flexibility index (Phi) is 5.36. The van der Waals surface area contributed by atoms with Gasteiger partial charge in [-0.15, -0.1) is 0 Å². The van der Waals surface area contributed by atoms with Crippen LogP contribution in [-0.2, 0) is 12.4 Å². The Morgan fingerprint density at radius 3 is 2.28 bits per heavy atom. The van der Waals surface area contributed by atoms with Crippen LogP contribution in [0.4, 0.5) is 32.0 Å². The van der Waals surface area contributed by atoms with Crippen LogP contribution >= 0.6 is 11.6 Å². The number of amides is 1. The van der Waals surface area contributed by atoms with E-state index in [0.29, 0.717) is 0 Å². The molecule has 0 aliphatic heterocycles. The second-order valence-corrected chi connectivity index (χ2v) is 6.30. The average Bonchev–Trinajstić information content (AvgIpc) is 3.11. The minimum atomic E-state index is -4.68. The van der Waals surface area contributed by atoms with E-state index in [-0.39, 0.29) is 22.8 Å². The predicted molar refractivity (Wildman–Crippen MR) is 93.6 cm³/mol.